The molecule has 0 aliphatic heterocycles. The minimum absolute atomic E-state index is 0.299. The van der Waals surface area contributed by atoms with E-state index in [1.165, 1.54) is 11.3 Å². The number of thiazole rings is 1. The number of rotatable bonds is 7. The molecular weight excluding hydrogens is 332 g/mol. The molecule has 0 bridgehead atoms. The van der Waals surface area contributed by atoms with E-state index in [1.807, 2.05) is 60.7 Å². The molecule has 0 fully saturated rings. The van der Waals surface area contributed by atoms with Crippen LogP contribution in [-0.2, 0) is 4.74 Å². The summed E-state index contributed by atoms with van der Waals surface area (Å²) in [5, 5.41) is 5.43. The molecule has 3 aromatic rings. The van der Waals surface area contributed by atoms with Gasteiger partial charge in [-0.3, -0.25) is 0 Å². The summed E-state index contributed by atoms with van der Waals surface area (Å²) < 4.78 is 5.78. The van der Waals surface area contributed by atoms with E-state index in [0.29, 0.717) is 17.4 Å². The molecule has 1 aromatic heterocycles. The van der Waals surface area contributed by atoms with Gasteiger partial charge in [-0.25, -0.2) is 9.78 Å². The zero-order valence-electron chi connectivity index (χ0n) is 13.6. The summed E-state index contributed by atoms with van der Waals surface area (Å²) in [7, 11) is 0. The van der Waals surface area contributed by atoms with Crippen molar-refractivity contribution in [3.63, 3.8) is 0 Å². The number of esters is 1. The van der Waals surface area contributed by atoms with Gasteiger partial charge >= 0.3 is 5.97 Å². The molecule has 1 heterocycles. The Bertz CT molecular complexity index is 792. The molecule has 4 nitrogen and oxygen atoms in total. The molecule has 0 aliphatic carbocycles. The topological polar surface area (TPSA) is 51.2 Å². The minimum atomic E-state index is -0.471. The van der Waals surface area contributed by atoms with Crippen LogP contribution in [0.25, 0.3) is 0 Å². The van der Waals surface area contributed by atoms with E-state index in [1.54, 1.807) is 11.5 Å². The molecule has 0 saturated heterocycles. The zero-order valence-corrected chi connectivity index (χ0v) is 14.4. The molecule has 0 spiro atoms. The first kappa shape index (κ1) is 16.9. The fraction of sp³-hybridized carbons (Fsp3) is 0.100. The second-order valence-corrected chi connectivity index (χ2v) is 6.17. The molecule has 0 saturated carbocycles. The highest BCUT2D eigenvalue weighted by Crippen LogP contribution is 2.27. The molecule has 0 amide bonds. The summed E-state index contributed by atoms with van der Waals surface area (Å²) in [6.07, 6.45) is 1.27. The van der Waals surface area contributed by atoms with Gasteiger partial charge in [0.2, 0.25) is 0 Å². The Hall–Kier alpha value is -2.92. The third kappa shape index (κ3) is 4.33. The minimum Gasteiger partial charge on any atom is -0.448 e. The van der Waals surface area contributed by atoms with Crippen molar-refractivity contribution < 1.29 is 9.53 Å². The highest BCUT2D eigenvalue weighted by molar-refractivity contribution is 7.13. The lowest BCUT2D eigenvalue weighted by Crippen LogP contribution is -2.13. The van der Waals surface area contributed by atoms with Gasteiger partial charge in [-0.2, -0.15) is 0 Å². The Morgan fingerprint density at radius 1 is 1.12 bits per heavy atom. The maximum absolute atomic E-state index is 12.6. The van der Waals surface area contributed by atoms with Crippen molar-refractivity contribution in [2.75, 3.05) is 11.9 Å². The Balaban J connectivity index is 1.81. The number of anilines is 1. The van der Waals surface area contributed by atoms with Crippen LogP contribution in [0.4, 0.5) is 5.13 Å². The number of hydrogen-bond acceptors (Lipinski definition) is 5. The summed E-state index contributed by atoms with van der Waals surface area (Å²) in [6.45, 7) is 4.24. The average molecular weight is 350 g/mol. The van der Waals surface area contributed by atoms with Crippen LogP contribution < -0.4 is 5.32 Å². The average Bonchev–Trinajstić information content (AvgIpc) is 3.15. The van der Waals surface area contributed by atoms with Gasteiger partial charge in [-0.15, -0.1) is 17.9 Å². The monoisotopic (exact) mass is 350 g/mol. The molecular formula is C20H18N2O2S. The molecule has 0 atom stereocenters. The number of carbonyl (C=O) groups is 1. The Kier molecular flexibility index (Phi) is 5.59. The van der Waals surface area contributed by atoms with Gasteiger partial charge in [0, 0.05) is 11.9 Å². The van der Waals surface area contributed by atoms with E-state index < -0.39 is 12.1 Å². The number of benzene rings is 2. The molecule has 5 heteroatoms. The number of nitrogens with zero attached hydrogens (tertiary/aromatic N) is 1. The van der Waals surface area contributed by atoms with Crippen molar-refractivity contribution in [2.24, 2.45) is 0 Å². The van der Waals surface area contributed by atoms with Gasteiger partial charge in [-0.05, 0) is 11.1 Å². The highest BCUT2D eigenvalue weighted by Gasteiger charge is 2.21. The molecule has 3 rings (SSSR count). The van der Waals surface area contributed by atoms with Crippen molar-refractivity contribution >= 4 is 22.4 Å². The van der Waals surface area contributed by atoms with Crippen LogP contribution in [0.15, 0.2) is 78.7 Å². The Labute approximate surface area is 150 Å². The third-order valence-electron chi connectivity index (χ3n) is 3.54. The van der Waals surface area contributed by atoms with Crippen LogP contribution in [-0.4, -0.2) is 17.5 Å². The van der Waals surface area contributed by atoms with Crippen LogP contribution in [0.2, 0.25) is 0 Å². The van der Waals surface area contributed by atoms with Gasteiger partial charge in [0.25, 0.3) is 0 Å². The second kappa shape index (κ2) is 8.26. The zero-order chi connectivity index (χ0) is 17.5. The smallest absolute Gasteiger partial charge is 0.358 e. The largest absolute Gasteiger partial charge is 0.448 e. The molecule has 0 unspecified atom stereocenters. The van der Waals surface area contributed by atoms with Crippen LogP contribution in [0.1, 0.15) is 27.7 Å². The third-order valence-corrected chi connectivity index (χ3v) is 4.34. The summed E-state index contributed by atoms with van der Waals surface area (Å²) in [6, 6.07) is 19.4. The van der Waals surface area contributed by atoms with E-state index in [9.17, 15) is 4.79 Å². The lowest BCUT2D eigenvalue weighted by atomic mass is 10.0. The predicted octanol–water partition coefficient (Wildman–Crippen LogP) is 4.69. The molecule has 0 aliphatic rings. The number of hydrogen-bond donors (Lipinski definition) is 1. The predicted molar refractivity (Wildman–Crippen MR) is 101 cm³/mol. The lowest BCUT2D eigenvalue weighted by molar-refractivity contribution is 0.0372. The molecule has 2 aromatic carbocycles. The standard InChI is InChI=1S/C20H18N2O2S/c1-2-13-21-20-22-17(14-25-20)19(23)24-18(15-9-5-3-6-10-15)16-11-7-4-8-12-16/h2-12,14,18H,1,13H2,(H,21,22). The van der Waals surface area contributed by atoms with Gasteiger partial charge in [0.05, 0.1) is 0 Å². The SMILES string of the molecule is C=CCNc1nc(C(=O)OC(c2ccccc2)c2ccccc2)cs1. The van der Waals surface area contributed by atoms with Crippen molar-refractivity contribution in [1.82, 2.24) is 4.98 Å². The van der Waals surface area contributed by atoms with E-state index in [2.05, 4.69) is 16.9 Å². The van der Waals surface area contributed by atoms with E-state index in [4.69, 9.17) is 4.74 Å². The summed E-state index contributed by atoms with van der Waals surface area (Å²) in [5.74, 6) is -0.444. The van der Waals surface area contributed by atoms with E-state index >= 15 is 0 Å². The molecule has 25 heavy (non-hydrogen) atoms. The van der Waals surface area contributed by atoms with Crippen molar-refractivity contribution in [3.05, 3.63) is 95.5 Å². The lowest BCUT2D eigenvalue weighted by Gasteiger charge is -2.18. The summed E-state index contributed by atoms with van der Waals surface area (Å²) >= 11 is 1.37. The number of carbonyl (C=O) groups excluding carboxylic acids is 1. The van der Waals surface area contributed by atoms with Gasteiger partial charge in [-0.1, -0.05) is 66.7 Å². The molecule has 126 valence electrons. The van der Waals surface area contributed by atoms with E-state index in [0.717, 1.165) is 11.1 Å². The van der Waals surface area contributed by atoms with Crippen LogP contribution >= 0.6 is 11.3 Å². The summed E-state index contributed by atoms with van der Waals surface area (Å²) in [4.78, 5) is 16.8. The Morgan fingerprint density at radius 3 is 2.28 bits per heavy atom. The Morgan fingerprint density at radius 2 is 1.72 bits per heavy atom. The first-order valence-corrected chi connectivity index (χ1v) is 8.77. The van der Waals surface area contributed by atoms with Crippen molar-refractivity contribution in [3.8, 4) is 0 Å². The number of ether oxygens (including phenoxy) is 1. The normalized spacial score (nSPS) is 10.4. The fourth-order valence-electron chi connectivity index (χ4n) is 2.36. The first-order valence-electron chi connectivity index (χ1n) is 7.89. The van der Waals surface area contributed by atoms with Crippen molar-refractivity contribution in [1.29, 1.82) is 0 Å². The number of aromatic nitrogens is 1. The molecule has 0 radical (unpaired) electrons. The van der Waals surface area contributed by atoms with E-state index in [-0.39, 0.29) is 0 Å². The first-order chi connectivity index (χ1) is 12.3. The van der Waals surface area contributed by atoms with Crippen LogP contribution in [0.5, 0.6) is 0 Å². The van der Waals surface area contributed by atoms with Crippen LogP contribution in [0.3, 0.4) is 0 Å². The van der Waals surface area contributed by atoms with Crippen LogP contribution in [0, 0.1) is 0 Å². The maximum atomic E-state index is 12.6. The quantitative estimate of drug-likeness (QED) is 0.496. The number of nitrogens with one attached hydrogen (secondary N) is 1. The van der Waals surface area contributed by atoms with Crippen molar-refractivity contribution in [2.45, 2.75) is 6.10 Å². The van der Waals surface area contributed by atoms with Gasteiger partial charge < -0.3 is 10.1 Å². The second-order valence-electron chi connectivity index (χ2n) is 5.31. The summed E-state index contributed by atoms with van der Waals surface area (Å²) in [5.41, 5.74) is 2.14. The van der Waals surface area contributed by atoms with Gasteiger partial charge in [0.1, 0.15) is 0 Å². The van der Waals surface area contributed by atoms with Gasteiger partial charge in [0.15, 0.2) is 16.9 Å². The highest BCUT2D eigenvalue weighted by atomic mass is 32.1. The maximum Gasteiger partial charge on any atom is 0.358 e. The fourth-order valence-corrected chi connectivity index (χ4v) is 3.05. The molecule has 1 N–H and O–H groups in total.